The van der Waals surface area contributed by atoms with Crippen molar-refractivity contribution in [3.63, 3.8) is 0 Å². The second-order valence-corrected chi connectivity index (χ2v) is 6.15. The molecule has 0 aromatic carbocycles. The smallest absolute Gasteiger partial charge is 0.317 e. The van der Waals surface area contributed by atoms with Gasteiger partial charge in [-0.3, -0.25) is 4.79 Å². The van der Waals surface area contributed by atoms with Gasteiger partial charge in [-0.2, -0.15) is 0 Å². The lowest BCUT2D eigenvalue weighted by atomic mass is 9.97. The number of hydrogen-bond acceptors (Lipinski definition) is 3. The van der Waals surface area contributed by atoms with Gasteiger partial charge in [0, 0.05) is 23.9 Å². The highest BCUT2D eigenvalue weighted by atomic mass is 32.1. The number of carbonyl (C=O) groups is 2. The number of nitrogens with one attached hydrogen (secondary N) is 1. The fourth-order valence-corrected chi connectivity index (χ4v) is 3.23. The van der Waals surface area contributed by atoms with Gasteiger partial charge in [0.25, 0.3) is 0 Å². The van der Waals surface area contributed by atoms with Crippen LogP contribution in [0, 0.1) is 5.92 Å². The van der Waals surface area contributed by atoms with Crippen molar-refractivity contribution in [2.24, 2.45) is 5.92 Å². The van der Waals surface area contributed by atoms with Gasteiger partial charge in [-0.1, -0.05) is 19.4 Å². The number of hydrogen-bond donors (Lipinski definition) is 2. The number of thiophene rings is 1. The van der Waals surface area contributed by atoms with Crippen molar-refractivity contribution in [3.8, 4) is 0 Å². The number of likely N-dealkylation sites (tertiary alicyclic amines) is 1. The SMILES string of the molecule is CCCC(NC(=O)N1CC(CC(=O)O)C1)c1cccs1. The molecule has 2 heterocycles. The number of aliphatic carboxylic acids is 1. The number of amides is 2. The Hall–Kier alpha value is -1.56. The van der Waals surface area contributed by atoms with E-state index in [1.54, 1.807) is 16.2 Å². The largest absolute Gasteiger partial charge is 0.481 e. The Kier molecular flexibility index (Phi) is 5.00. The van der Waals surface area contributed by atoms with Gasteiger partial charge in [-0.25, -0.2) is 4.79 Å². The number of carbonyl (C=O) groups excluding carboxylic acids is 1. The fourth-order valence-electron chi connectivity index (χ4n) is 2.42. The lowest BCUT2D eigenvalue weighted by Crippen LogP contribution is -2.54. The maximum atomic E-state index is 12.1. The molecule has 1 aromatic heterocycles. The Morgan fingerprint density at radius 3 is 2.85 bits per heavy atom. The molecule has 2 N–H and O–H groups in total. The second kappa shape index (κ2) is 6.74. The summed E-state index contributed by atoms with van der Waals surface area (Å²) in [6.45, 7) is 3.18. The summed E-state index contributed by atoms with van der Waals surface area (Å²) in [6, 6.07) is 4.00. The van der Waals surface area contributed by atoms with Crippen LogP contribution in [-0.4, -0.2) is 35.1 Å². The van der Waals surface area contributed by atoms with Crippen LogP contribution in [0.15, 0.2) is 17.5 Å². The van der Waals surface area contributed by atoms with Crippen LogP contribution < -0.4 is 5.32 Å². The highest BCUT2D eigenvalue weighted by Gasteiger charge is 2.32. The molecule has 1 aliphatic heterocycles. The van der Waals surface area contributed by atoms with Gasteiger partial charge in [0.15, 0.2) is 0 Å². The molecule has 0 spiro atoms. The van der Waals surface area contributed by atoms with Gasteiger partial charge in [0.2, 0.25) is 0 Å². The predicted molar refractivity (Wildman–Crippen MR) is 77.8 cm³/mol. The number of nitrogens with zero attached hydrogens (tertiary/aromatic N) is 1. The zero-order chi connectivity index (χ0) is 14.5. The van der Waals surface area contributed by atoms with E-state index in [1.165, 1.54) is 4.88 Å². The monoisotopic (exact) mass is 296 g/mol. The van der Waals surface area contributed by atoms with Crippen LogP contribution in [0.1, 0.15) is 37.1 Å². The van der Waals surface area contributed by atoms with Crippen molar-refractivity contribution in [1.29, 1.82) is 0 Å². The Morgan fingerprint density at radius 2 is 2.30 bits per heavy atom. The first-order valence-corrected chi connectivity index (χ1v) is 7.78. The van der Waals surface area contributed by atoms with E-state index in [-0.39, 0.29) is 24.4 Å². The van der Waals surface area contributed by atoms with Crippen LogP contribution in [0.5, 0.6) is 0 Å². The van der Waals surface area contributed by atoms with Gasteiger partial charge in [0.05, 0.1) is 12.5 Å². The Balaban J connectivity index is 1.83. The van der Waals surface area contributed by atoms with Crippen LogP contribution in [0.4, 0.5) is 4.79 Å². The standard InChI is InChI=1S/C14H20N2O3S/c1-2-4-11(12-5-3-6-20-12)15-14(19)16-8-10(9-16)7-13(17)18/h3,5-6,10-11H,2,4,7-9H2,1H3,(H,15,19)(H,17,18). The summed E-state index contributed by atoms with van der Waals surface area (Å²) in [6.07, 6.45) is 2.07. The summed E-state index contributed by atoms with van der Waals surface area (Å²) in [5.41, 5.74) is 0. The molecule has 1 aromatic rings. The lowest BCUT2D eigenvalue weighted by Gasteiger charge is -2.39. The highest BCUT2D eigenvalue weighted by Crippen LogP contribution is 2.25. The van der Waals surface area contributed by atoms with Crippen molar-refractivity contribution in [1.82, 2.24) is 10.2 Å². The molecule has 5 nitrogen and oxygen atoms in total. The number of rotatable bonds is 6. The van der Waals surface area contributed by atoms with Crippen molar-refractivity contribution in [3.05, 3.63) is 22.4 Å². The van der Waals surface area contributed by atoms with Crippen LogP contribution >= 0.6 is 11.3 Å². The zero-order valence-corrected chi connectivity index (χ0v) is 12.4. The lowest BCUT2D eigenvalue weighted by molar-refractivity contribution is -0.139. The fraction of sp³-hybridized carbons (Fsp3) is 0.571. The average molecular weight is 296 g/mol. The first kappa shape index (κ1) is 14.8. The van der Waals surface area contributed by atoms with E-state index in [0.717, 1.165) is 12.8 Å². The van der Waals surface area contributed by atoms with E-state index in [1.807, 2.05) is 17.5 Å². The van der Waals surface area contributed by atoms with E-state index in [0.29, 0.717) is 13.1 Å². The maximum Gasteiger partial charge on any atom is 0.317 e. The number of carboxylic acids is 1. The minimum atomic E-state index is -0.794. The topological polar surface area (TPSA) is 69.6 Å². The van der Waals surface area contributed by atoms with Gasteiger partial charge in [-0.05, 0) is 17.9 Å². The highest BCUT2D eigenvalue weighted by molar-refractivity contribution is 7.10. The molecular formula is C14H20N2O3S. The quantitative estimate of drug-likeness (QED) is 0.848. The minimum Gasteiger partial charge on any atom is -0.481 e. The first-order chi connectivity index (χ1) is 9.60. The van der Waals surface area contributed by atoms with Crippen molar-refractivity contribution in [2.45, 2.75) is 32.2 Å². The molecule has 1 saturated heterocycles. The molecule has 1 fully saturated rings. The first-order valence-electron chi connectivity index (χ1n) is 6.90. The molecule has 110 valence electrons. The summed E-state index contributed by atoms with van der Waals surface area (Å²) in [7, 11) is 0. The summed E-state index contributed by atoms with van der Waals surface area (Å²) >= 11 is 1.65. The second-order valence-electron chi connectivity index (χ2n) is 5.18. The van der Waals surface area contributed by atoms with Crippen LogP contribution in [0.25, 0.3) is 0 Å². The van der Waals surface area contributed by atoms with E-state index in [2.05, 4.69) is 12.2 Å². The Morgan fingerprint density at radius 1 is 1.55 bits per heavy atom. The summed E-state index contributed by atoms with van der Waals surface area (Å²) in [5.74, 6) is -0.692. The van der Waals surface area contributed by atoms with Crippen molar-refractivity contribution >= 4 is 23.3 Å². The summed E-state index contributed by atoms with van der Waals surface area (Å²) in [4.78, 5) is 25.5. The van der Waals surface area contributed by atoms with E-state index in [4.69, 9.17) is 5.11 Å². The molecule has 0 saturated carbocycles. The van der Waals surface area contributed by atoms with Crippen LogP contribution in [0.3, 0.4) is 0 Å². The molecule has 2 rings (SSSR count). The Labute approximate surface area is 122 Å². The van der Waals surface area contributed by atoms with Crippen molar-refractivity contribution < 1.29 is 14.7 Å². The molecule has 2 amide bonds. The zero-order valence-electron chi connectivity index (χ0n) is 11.5. The third-order valence-corrected chi connectivity index (χ3v) is 4.46. The third-order valence-electron chi connectivity index (χ3n) is 3.47. The van der Waals surface area contributed by atoms with Crippen LogP contribution in [0.2, 0.25) is 0 Å². The predicted octanol–water partition coefficient (Wildman–Crippen LogP) is 2.71. The maximum absolute atomic E-state index is 12.1. The van der Waals surface area contributed by atoms with Gasteiger partial charge in [0.1, 0.15) is 0 Å². The molecule has 0 radical (unpaired) electrons. The third kappa shape index (κ3) is 3.72. The summed E-state index contributed by atoms with van der Waals surface area (Å²) in [5, 5.41) is 13.8. The van der Waals surface area contributed by atoms with Crippen LogP contribution in [-0.2, 0) is 4.79 Å². The summed E-state index contributed by atoms with van der Waals surface area (Å²) < 4.78 is 0. The van der Waals surface area contributed by atoms with E-state index in [9.17, 15) is 9.59 Å². The Bertz CT molecular complexity index is 455. The minimum absolute atomic E-state index is 0.0611. The number of urea groups is 1. The average Bonchev–Trinajstić information content (AvgIpc) is 2.85. The molecule has 0 aliphatic carbocycles. The molecular weight excluding hydrogens is 276 g/mol. The van der Waals surface area contributed by atoms with E-state index >= 15 is 0 Å². The molecule has 1 aliphatic rings. The normalized spacial score (nSPS) is 16.6. The van der Waals surface area contributed by atoms with Gasteiger partial charge >= 0.3 is 12.0 Å². The van der Waals surface area contributed by atoms with Crippen molar-refractivity contribution in [2.75, 3.05) is 13.1 Å². The van der Waals surface area contributed by atoms with E-state index < -0.39 is 5.97 Å². The molecule has 6 heteroatoms. The van der Waals surface area contributed by atoms with Gasteiger partial charge in [-0.15, -0.1) is 11.3 Å². The van der Waals surface area contributed by atoms with Gasteiger partial charge < -0.3 is 15.3 Å². The number of carboxylic acid groups (broad SMARTS) is 1. The molecule has 20 heavy (non-hydrogen) atoms. The molecule has 1 unspecified atom stereocenters. The molecule has 0 bridgehead atoms. The molecule has 1 atom stereocenters.